The Balaban J connectivity index is 1.99. The molecular weight excluding hydrogens is 370 g/mol. The van der Waals surface area contributed by atoms with Crippen LogP contribution in [0.5, 0.6) is 0 Å². The normalized spacial score (nSPS) is 12.3. The molecule has 0 amide bonds. The number of sulfonamides is 1. The van der Waals surface area contributed by atoms with E-state index in [-0.39, 0.29) is 16.0 Å². The fourth-order valence-corrected chi connectivity index (χ4v) is 3.83. The third-order valence-electron chi connectivity index (χ3n) is 3.95. The number of nitro groups is 1. The average molecular weight is 389 g/mol. The lowest BCUT2D eigenvalue weighted by molar-refractivity contribution is -0.385. The number of hydrogen-bond donors (Lipinski definition) is 1. The Kier molecular flexibility index (Phi) is 4.43. The largest absolute Gasteiger partial charge is 0.440 e. The summed E-state index contributed by atoms with van der Waals surface area (Å²) in [6, 6.07) is 8.48. The molecule has 0 aliphatic heterocycles. The first-order valence-electron chi connectivity index (χ1n) is 8.16. The predicted molar refractivity (Wildman–Crippen MR) is 101 cm³/mol. The van der Waals surface area contributed by atoms with Crippen LogP contribution in [0.3, 0.4) is 0 Å². The van der Waals surface area contributed by atoms with E-state index >= 15 is 0 Å². The molecule has 2 aromatic carbocycles. The first-order valence-corrected chi connectivity index (χ1v) is 9.65. The summed E-state index contributed by atoms with van der Waals surface area (Å²) in [7, 11) is -4.00. The number of aromatic nitrogens is 1. The second kappa shape index (κ2) is 6.34. The molecule has 0 fully saturated rings. The second-order valence-corrected chi connectivity index (χ2v) is 8.91. The average Bonchev–Trinajstić information content (AvgIpc) is 2.98. The number of fused-ring (bicyclic) bond motifs is 1. The first kappa shape index (κ1) is 18.8. The molecule has 3 rings (SSSR count). The van der Waals surface area contributed by atoms with E-state index in [0.717, 1.165) is 6.07 Å². The SMILES string of the molecule is Cc1ccc([N+](=O)[O-])cc1S(=O)(=O)Nc1ccc2oc(C(C)(C)C)nc2c1. The van der Waals surface area contributed by atoms with Crippen molar-refractivity contribution in [2.45, 2.75) is 38.0 Å². The summed E-state index contributed by atoms with van der Waals surface area (Å²) in [6.45, 7) is 7.47. The van der Waals surface area contributed by atoms with Crippen LogP contribution in [-0.2, 0) is 15.4 Å². The van der Waals surface area contributed by atoms with E-state index in [2.05, 4.69) is 9.71 Å². The van der Waals surface area contributed by atoms with Gasteiger partial charge in [-0.05, 0) is 30.7 Å². The maximum absolute atomic E-state index is 12.7. The van der Waals surface area contributed by atoms with E-state index in [1.807, 2.05) is 20.8 Å². The van der Waals surface area contributed by atoms with Crippen LogP contribution in [-0.4, -0.2) is 18.3 Å². The van der Waals surface area contributed by atoms with Crippen LogP contribution in [0.2, 0.25) is 0 Å². The van der Waals surface area contributed by atoms with Gasteiger partial charge >= 0.3 is 0 Å². The monoisotopic (exact) mass is 389 g/mol. The summed E-state index contributed by atoms with van der Waals surface area (Å²) >= 11 is 0. The van der Waals surface area contributed by atoms with Gasteiger partial charge in [0, 0.05) is 17.5 Å². The standard InChI is InChI=1S/C18H19N3O5S/c1-11-5-7-13(21(22)23)10-16(11)27(24,25)20-12-6-8-15-14(9-12)19-17(26-15)18(2,3)4/h5-10,20H,1-4H3. The lowest BCUT2D eigenvalue weighted by Gasteiger charge is -2.11. The number of nitrogens with one attached hydrogen (secondary N) is 1. The Bertz CT molecular complexity index is 1140. The Labute approximate surface area is 156 Å². The zero-order chi connectivity index (χ0) is 20.0. The number of nitro benzene ring substituents is 1. The Morgan fingerprint density at radius 1 is 1.15 bits per heavy atom. The van der Waals surface area contributed by atoms with E-state index in [0.29, 0.717) is 28.2 Å². The fourth-order valence-electron chi connectivity index (χ4n) is 2.51. The van der Waals surface area contributed by atoms with Crippen molar-refractivity contribution in [1.29, 1.82) is 0 Å². The van der Waals surface area contributed by atoms with E-state index in [1.165, 1.54) is 12.1 Å². The summed E-state index contributed by atoms with van der Waals surface area (Å²) in [4.78, 5) is 14.6. The molecule has 8 nitrogen and oxygen atoms in total. The molecule has 0 atom stereocenters. The zero-order valence-corrected chi connectivity index (χ0v) is 16.1. The van der Waals surface area contributed by atoms with Gasteiger partial charge in [-0.25, -0.2) is 13.4 Å². The van der Waals surface area contributed by atoms with Crippen LogP contribution in [0, 0.1) is 17.0 Å². The molecule has 0 unspecified atom stereocenters. The molecule has 27 heavy (non-hydrogen) atoms. The zero-order valence-electron chi connectivity index (χ0n) is 15.3. The highest BCUT2D eigenvalue weighted by Gasteiger charge is 2.23. The van der Waals surface area contributed by atoms with Crippen molar-refractivity contribution in [3.8, 4) is 0 Å². The highest BCUT2D eigenvalue weighted by atomic mass is 32.2. The van der Waals surface area contributed by atoms with Crippen LogP contribution in [0.1, 0.15) is 32.2 Å². The van der Waals surface area contributed by atoms with Gasteiger partial charge in [0.25, 0.3) is 15.7 Å². The molecule has 0 aliphatic carbocycles. The molecule has 1 aromatic heterocycles. The molecule has 0 aliphatic rings. The van der Waals surface area contributed by atoms with Crippen LogP contribution in [0.4, 0.5) is 11.4 Å². The number of nitrogens with zero attached hydrogens (tertiary/aromatic N) is 2. The first-order chi connectivity index (χ1) is 12.5. The van der Waals surface area contributed by atoms with E-state index < -0.39 is 14.9 Å². The van der Waals surface area contributed by atoms with Crippen molar-refractivity contribution in [3.63, 3.8) is 0 Å². The van der Waals surface area contributed by atoms with Gasteiger partial charge in [0.15, 0.2) is 5.58 Å². The van der Waals surface area contributed by atoms with Gasteiger partial charge in [-0.2, -0.15) is 0 Å². The van der Waals surface area contributed by atoms with E-state index in [9.17, 15) is 18.5 Å². The topological polar surface area (TPSA) is 115 Å². The Hall–Kier alpha value is -2.94. The van der Waals surface area contributed by atoms with E-state index in [1.54, 1.807) is 25.1 Å². The van der Waals surface area contributed by atoms with E-state index in [4.69, 9.17) is 4.42 Å². The maximum atomic E-state index is 12.7. The Morgan fingerprint density at radius 2 is 1.85 bits per heavy atom. The maximum Gasteiger partial charge on any atom is 0.270 e. The van der Waals surface area contributed by atoms with Crippen LogP contribution >= 0.6 is 0 Å². The number of oxazole rings is 1. The van der Waals surface area contributed by atoms with Gasteiger partial charge in [0.2, 0.25) is 5.89 Å². The lowest BCUT2D eigenvalue weighted by atomic mass is 9.97. The highest BCUT2D eigenvalue weighted by Crippen LogP contribution is 2.29. The third-order valence-corrected chi connectivity index (χ3v) is 5.48. The van der Waals surface area contributed by atoms with Crippen LogP contribution in [0.15, 0.2) is 45.7 Å². The molecule has 3 aromatic rings. The van der Waals surface area contributed by atoms with Gasteiger partial charge in [-0.3, -0.25) is 14.8 Å². The minimum absolute atomic E-state index is 0.146. The number of rotatable bonds is 4. The van der Waals surface area contributed by atoms with Gasteiger partial charge in [-0.1, -0.05) is 26.8 Å². The number of non-ortho nitro benzene ring substituents is 1. The minimum Gasteiger partial charge on any atom is -0.440 e. The minimum atomic E-state index is -4.00. The van der Waals surface area contributed by atoms with Gasteiger partial charge in [0.1, 0.15) is 5.52 Å². The summed E-state index contributed by atoms with van der Waals surface area (Å²) < 4.78 is 33.6. The molecule has 0 spiro atoms. The predicted octanol–water partition coefficient (Wildman–Crippen LogP) is 4.14. The lowest BCUT2D eigenvalue weighted by Crippen LogP contribution is -2.14. The van der Waals surface area contributed by atoms with Crippen molar-refractivity contribution in [1.82, 2.24) is 4.98 Å². The van der Waals surface area contributed by atoms with Crippen molar-refractivity contribution in [2.24, 2.45) is 0 Å². The van der Waals surface area contributed by atoms with Crippen molar-refractivity contribution in [3.05, 3.63) is 58.0 Å². The smallest absolute Gasteiger partial charge is 0.270 e. The summed E-state index contributed by atoms with van der Waals surface area (Å²) in [5.41, 5.74) is 1.21. The van der Waals surface area contributed by atoms with Crippen molar-refractivity contribution >= 4 is 32.5 Å². The second-order valence-electron chi connectivity index (χ2n) is 7.26. The quantitative estimate of drug-likeness (QED) is 0.529. The molecule has 142 valence electrons. The molecular formula is C18H19N3O5S. The van der Waals surface area contributed by atoms with Crippen LogP contribution in [0.25, 0.3) is 11.1 Å². The molecule has 0 radical (unpaired) electrons. The molecule has 0 saturated carbocycles. The molecule has 1 N–H and O–H groups in total. The fraction of sp³-hybridized carbons (Fsp3) is 0.278. The highest BCUT2D eigenvalue weighted by molar-refractivity contribution is 7.92. The van der Waals surface area contributed by atoms with Crippen LogP contribution < -0.4 is 4.72 Å². The molecule has 0 saturated heterocycles. The van der Waals surface area contributed by atoms with Crippen molar-refractivity contribution < 1.29 is 17.8 Å². The molecule has 9 heteroatoms. The number of hydrogen-bond acceptors (Lipinski definition) is 6. The molecule has 0 bridgehead atoms. The van der Waals surface area contributed by atoms with Crippen molar-refractivity contribution in [2.75, 3.05) is 4.72 Å². The van der Waals surface area contributed by atoms with Gasteiger partial charge in [-0.15, -0.1) is 0 Å². The number of aryl methyl sites for hydroxylation is 1. The summed E-state index contributed by atoms with van der Waals surface area (Å²) in [5, 5.41) is 11.0. The van der Waals surface area contributed by atoms with Gasteiger partial charge in [0.05, 0.1) is 15.5 Å². The number of benzene rings is 2. The third kappa shape index (κ3) is 3.77. The van der Waals surface area contributed by atoms with Gasteiger partial charge < -0.3 is 4.42 Å². The Morgan fingerprint density at radius 3 is 2.48 bits per heavy atom. The summed E-state index contributed by atoms with van der Waals surface area (Å²) in [5.74, 6) is 0.548. The molecule has 1 heterocycles. The summed E-state index contributed by atoms with van der Waals surface area (Å²) in [6.07, 6.45) is 0. The number of anilines is 1.